The highest BCUT2D eigenvalue weighted by Crippen LogP contribution is 2.15. The van der Waals surface area contributed by atoms with Gasteiger partial charge >= 0.3 is 0 Å². The summed E-state index contributed by atoms with van der Waals surface area (Å²) in [5.74, 6) is 0. The lowest BCUT2D eigenvalue weighted by molar-refractivity contribution is 0.149. The monoisotopic (exact) mass is 237 g/mol. The second kappa shape index (κ2) is 6.18. The summed E-state index contributed by atoms with van der Waals surface area (Å²) in [5, 5.41) is 5.65. The molecule has 0 spiro atoms. The molecular formula is C13H19NOS. The van der Waals surface area contributed by atoms with Gasteiger partial charge in [0, 0.05) is 18.0 Å². The highest BCUT2D eigenvalue weighted by atomic mass is 32.1. The zero-order chi connectivity index (χ0) is 11.2. The second-order valence-corrected chi connectivity index (χ2v) is 5.16. The number of ether oxygens (including phenoxy) is 1. The Morgan fingerprint density at radius 3 is 3.12 bits per heavy atom. The van der Waals surface area contributed by atoms with Gasteiger partial charge in [0.25, 0.3) is 0 Å². The van der Waals surface area contributed by atoms with Gasteiger partial charge in [-0.15, -0.1) is 11.3 Å². The lowest BCUT2D eigenvalue weighted by Gasteiger charge is -2.14. The molecule has 0 aliphatic carbocycles. The molecule has 1 aliphatic rings. The Hall–Kier alpha value is -0.640. The van der Waals surface area contributed by atoms with Gasteiger partial charge in [-0.3, -0.25) is 0 Å². The topological polar surface area (TPSA) is 21.3 Å². The van der Waals surface area contributed by atoms with Crippen molar-refractivity contribution in [2.45, 2.75) is 19.8 Å². The molecule has 0 bridgehead atoms. The van der Waals surface area contributed by atoms with Crippen molar-refractivity contribution in [2.75, 3.05) is 26.3 Å². The molecule has 0 radical (unpaired) electrons. The Kier molecular flexibility index (Phi) is 4.57. The molecule has 0 saturated carbocycles. The molecular weight excluding hydrogens is 218 g/mol. The van der Waals surface area contributed by atoms with Crippen LogP contribution in [0.5, 0.6) is 0 Å². The second-order valence-electron chi connectivity index (χ2n) is 4.16. The van der Waals surface area contributed by atoms with Gasteiger partial charge in [-0.1, -0.05) is 6.08 Å². The van der Waals surface area contributed by atoms with Gasteiger partial charge < -0.3 is 10.1 Å². The van der Waals surface area contributed by atoms with Crippen LogP contribution < -0.4 is 5.32 Å². The van der Waals surface area contributed by atoms with Gasteiger partial charge in [0.05, 0.1) is 13.2 Å². The molecule has 1 aliphatic heterocycles. The third-order valence-electron chi connectivity index (χ3n) is 2.83. The maximum Gasteiger partial charge on any atom is 0.0689 e. The normalized spacial score (nSPS) is 16.2. The maximum absolute atomic E-state index is 5.40. The number of nitrogens with one attached hydrogen (secondary N) is 1. The average Bonchev–Trinajstić information content (AvgIpc) is 2.72. The number of rotatable bonds is 5. The Balaban J connectivity index is 1.65. The molecule has 1 aromatic rings. The van der Waals surface area contributed by atoms with Crippen LogP contribution in [-0.2, 0) is 11.2 Å². The third-order valence-corrected chi connectivity index (χ3v) is 3.91. The largest absolute Gasteiger partial charge is 0.377 e. The summed E-state index contributed by atoms with van der Waals surface area (Å²) >= 11 is 1.86. The summed E-state index contributed by atoms with van der Waals surface area (Å²) in [5.41, 5.74) is 2.82. The maximum atomic E-state index is 5.40. The summed E-state index contributed by atoms with van der Waals surface area (Å²) in [6.07, 6.45) is 4.51. The summed E-state index contributed by atoms with van der Waals surface area (Å²) < 4.78 is 5.40. The smallest absolute Gasteiger partial charge is 0.0689 e. The Bertz CT molecular complexity index is 357. The summed E-state index contributed by atoms with van der Waals surface area (Å²) in [7, 11) is 0. The van der Waals surface area contributed by atoms with Gasteiger partial charge in [0.15, 0.2) is 0 Å². The number of hydrogen-bond donors (Lipinski definition) is 1. The fourth-order valence-electron chi connectivity index (χ4n) is 1.84. The highest BCUT2D eigenvalue weighted by molar-refractivity contribution is 7.10. The SMILES string of the molecule is Cc1ccsc1CCNCC1=CCCOC1. The van der Waals surface area contributed by atoms with Crippen LogP contribution in [0, 0.1) is 6.92 Å². The molecule has 0 saturated heterocycles. The fourth-order valence-corrected chi connectivity index (χ4v) is 2.75. The lowest BCUT2D eigenvalue weighted by atomic mass is 10.2. The van der Waals surface area contributed by atoms with E-state index in [-0.39, 0.29) is 0 Å². The van der Waals surface area contributed by atoms with E-state index in [1.165, 1.54) is 16.0 Å². The first-order valence-corrected chi connectivity index (χ1v) is 6.73. The molecule has 0 aromatic carbocycles. The minimum Gasteiger partial charge on any atom is -0.377 e. The molecule has 16 heavy (non-hydrogen) atoms. The van der Waals surface area contributed by atoms with Gasteiger partial charge in [-0.2, -0.15) is 0 Å². The first-order valence-electron chi connectivity index (χ1n) is 5.85. The first-order chi connectivity index (χ1) is 7.86. The van der Waals surface area contributed by atoms with Crippen LogP contribution in [0.25, 0.3) is 0 Å². The standard InChI is InChI=1S/C13H19NOS/c1-11-5-8-16-13(11)4-6-14-9-12-3-2-7-15-10-12/h3,5,8,14H,2,4,6-7,9-10H2,1H3. The number of aryl methyl sites for hydroxylation is 1. The molecule has 2 rings (SSSR count). The molecule has 2 nitrogen and oxygen atoms in total. The van der Waals surface area contributed by atoms with Gasteiger partial charge in [0.2, 0.25) is 0 Å². The van der Waals surface area contributed by atoms with E-state index in [1.54, 1.807) is 0 Å². The Labute approximate surface area is 101 Å². The zero-order valence-electron chi connectivity index (χ0n) is 9.79. The molecule has 1 N–H and O–H groups in total. The van der Waals surface area contributed by atoms with Crippen molar-refractivity contribution in [2.24, 2.45) is 0 Å². The van der Waals surface area contributed by atoms with Crippen LogP contribution in [0.3, 0.4) is 0 Å². The molecule has 3 heteroatoms. The summed E-state index contributed by atoms with van der Waals surface area (Å²) in [6.45, 7) is 5.91. The van der Waals surface area contributed by atoms with Crippen molar-refractivity contribution in [1.29, 1.82) is 0 Å². The van der Waals surface area contributed by atoms with Crippen molar-refractivity contribution in [1.82, 2.24) is 5.32 Å². The molecule has 0 fully saturated rings. The van der Waals surface area contributed by atoms with Gasteiger partial charge in [-0.05, 0) is 42.3 Å². The van der Waals surface area contributed by atoms with Crippen LogP contribution in [-0.4, -0.2) is 26.3 Å². The first kappa shape index (κ1) is 11.8. The predicted molar refractivity (Wildman–Crippen MR) is 69.1 cm³/mol. The minimum absolute atomic E-state index is 0.811. The van der Waals surface area contributed by atoms with Crippen molar-refractivity contribution in [3.63, 3.8) is 0 Å². The average molecular weight is 237 g/mol. The Morgan fingerprint density at radius 1 is 1.50 bits per heavy atom. The van der Waals surface area contributed by atoms with E-state index in [9.17, 15) is 0 Å². The molecule has 1 aromatic heterocycles. The quantitative estimate of drug-likeness (QED) is 0.627. The van der Waals surface area contributed by atoms with E-state index in [0.29, 0.717) is 0 Å². The van der Waals surface area contributed by atoms with Crippen molar-refractivity contribution in [3.8, 4) is 0 Å². The van der Waals surface area contributed by atoms with Crippen LogP contribution in [0.2, 0.25) is 0 Å². The van der Waals surface area contributed by atoms with E-state index in [1.807, 2.05) is 11.3 Å². The zero-order valence-corrected chi connectivity index (χ0v) is 10.6. The van der Waals surface area contributed by atoms with Crippen LogP contribution in [0.4, 0.5) is 0 Å². The lowest BCUT2D eigenvalue weighted by Crippen LogP contribution is -2.23. The van der Waals surface area contributed by atoms with E-state index in [0.717, 1.165) is 39.1 Å². The summed E-state index contributed by atoms with van der Waals surface area (Å²) in [6, 6.07) is 2.19. The van der Waals surface area contributed by atoms with E-state index < -0.39 is 0 Å². The molecule has 0 unspecified atom stereocenters. The molecule has 88 valence electrons. The van der Waals surface area contributed by atoms with Crippen LogP contribution in [0.1, 0.15) is 16.9 Å². The Morgan fingerprint density at radius 2 is 2.44 bits per heavy atom. The van der Waals surface area contributed by atoms with Crippen molar-refractivity contribution >= 4 is 11.3 Å². The van der Waals surface area contributed by atoms with E-state index in [4.69, 9.17) is 4.74 Å². The highest BCUT2D eigenvalue weighted by Gasteiger charge is 2.03. The van der Waals surface area contributed by atoms with Gasteiger partial charge in [0.1, 0.15) is 0 Å². The molecule has 0 atom stereocenters. The van der Waals surface area contributed by atoms with Crippen molar-refractivity contribution in [3.05, 3.63) is 33.5 Å². The predicted octanol–water partition coefficient (Wildman–Crippen LogP) is 2.54. The number of thiophene rings is 1. The fraction of sp³-hybridized carbons (Fsp3) is 0.538. The number of hydrogen-bond acceptors (Lipinski definition) is 3. The van der Waals surface area contributed by atoms with E-state index in [2.05, 4.69) is 29.8 Å². The van der Waals surface area contributed by atoms with Crippen LogP contribution >= 0.6 is 11.3 Å². The molecule has 0 amide bonds. The molecule has 2 heterocycles. The van der Waals surface area contributed by atoms with E-state index >= 15 is 0 Å². The third kappa shape index (κ3) is 3.44. The van der Waals surface area contributed by atoms with Gasteiger partial charge in [-0.25, -0.2) is 0 Å². The summed E-state index contributed by atoms with van der Waals surface area (Å²) in [4.78, 5) is 1.50. The van der Waals surface area contributed by atoms with Crippen molar-refractivity contribution < 1.29 is 4.74 Å². The minimum atomic E-state index is 0.811. The van der Waals surface area contributed by atoms with Crippen LogP contribution in [0.15, 0.2) is 23.1 Å².